The maximum Gasteiger partial charge on any atom is 0.0612 e. The van der Waals surface area contributed by atoms with Crippen molar-refractivity contribution >= 4 is 28.9 Å². The van der Waals surface area contributed by atoms with Crippen LogP contribution in [0.5, 0.6) is 0 Å². The Morgan fingerprint density at radius 1 is 1.25 bits per heavy atom. The Kier molecular flexibility index (Phi) is 5.39. The summed E-state index contributed by atoms with van der Waals surface area (Å²) in [7, 11) is 4.16. The predicted octanol–water partition coefficient (Wildman–Crippen LogP) is 3.60. The zero-order valence-corrected chi connectivity index (χ0v) is 11.4. The van der Waals surface area contributed by atoms with Gasteiger partial charge in [-0.15, -0.1) is 0 Å². The molecule has 0 bridgehead atoms. The number of halogens is 2. The van der Waals surface area contributed by atoms with Crippen LogP contribution < -0.4 is 5.32 Å². The topological polar surface area (TPSA) is 15.3 Å². The molecule has 0 aliphatic carbocycles. The Labute approximate surface area is 108 Å². The molecule has 4 heteroatoms. The largest absolute Gasteiger partial charge is 0.385 e. The van der Waals surface area contributed by atoms with E-state index < -0.39 is 0 Å². The lowest BCUT2D eigenvalue weighted by Gasteiger charge is -2.18. The van der Waals surface area contributed by atoms with Crippen molar-refractivity contribution in [3.05, 3.63) is 28.2 Å². The standard InChI is InChI=1S/C12H18Cl2N2/c1-9(8-16(2)3)7-15-10-4-5-11(13)12(14)6-10/h4-6,9,15H,7-8H2,1-3H3. The number of anilines is 1. The molecule has 1 rings (SSSR count). The monoisotopic (exact) mass is 260 g/mol. The number of nitrogens with zero attached hydrogens (tertiary/aromatic N) is 1. The Morgan fingerprint density at radius 2 is 1.94 bits per heavy atom. The van der Waals surface area contributed by atoms with E-state index in [9.17, 15) is 0 Å². The van der Waals surface area contributed by atoms with Gasteiger partial charge in [0.1, 0.15) is 0 Å². The average Bonchev–Trinajstić information content (AvgIpc) is 2.19. The van der Waals surface area contributed by atoms with E-state index in [1.165, 1.54) is 0 Å². The first-order chi connectivity index (χ1) is 7.49. The second-order valence-electron chi connectivity index (χ2n) is 4.38. The van der Waals surface area contributed by atoms with Gasteiger partial charge >= 0.3 is 0 Å². The lowest BCUT2D eigenvalue weighted by atomic mass is 10.1. The Hall–Kier alpha value is -0.440. The summed E-state index contributed by atoms with van der Waals surface area (Å²) in [6, 6.07) is 5.60. The molecule has 0 fully saturated rings. The molecule has 0 radical (unpaired) electrons. The van der Waals surface area contributed by atoms with E-state index in [0.29, 0.717) is 16.0 Å². The molecule has 16 heavy (non-hydrogen) atoms. The zero-order chi connectivity index (χ0) is 12.1. The predicted molar refractivity (Wildman–Crippen MR) is 72.7 cm³/mol. The average molecular weight is 261 g/mol. The molecule has 0 amide bonds. The summed E-state index contributed by atoms with van der Waals surface area (Å²) in [4.78, 5) is 2.18. The zero-order valence-electron chi connectivity index (χ0n) is 9.93. The van der Waals surface area contributed by atoms with Gasteiger partial charge in [-0.05, 0) is 38.2 Å². The van der Waals surface area contributed by atoms with Crippen LogP contribution >= 0.6 is 23.2 Å². The van der Waals surface area contributed by atoms with Gasteiger partial charge in [-0.25, -0.2) is 0 Å². The van der Waals surface area contributed by atoms with Gasteiger partial charge in [0.15, 0.2) is 0 Å². The molecule has 90 valence electrons. The number of hydrogen-bond donors (Lipinski definition) is 1. The number of rotatable bonds is 5. The third kappa shape index (κ3) is 4.60. The molecule has 1 N–H and O–H groups in total. The van der Waals surface area contributed by atoms with E-state index in [2.05, 4.69) is 31.2 Å². The van der Waals surface area contributed by atoms with Gasteiger partial charge in [-0.2, -0.15) is 0 Å². The summed E-state index contributed by atoms with van der Waals surface area (Å²) in [6.45, 7) is 4.20. The summed E-state index contributed by atoms with van der Waals surface area (Å²) >= 11 is 11.8. The van der Waals surface area contributed by atoms with Gasteiger partial charge < -0.3 is 10.2 Å². The van der Waals surface area contributed by atoms with Crippen molar-refractivity contribution in [1.29, 1.82) is 0 Å². The third-order valence-corrected chi connectivity index (χ3v) is 2.99. The maximum atomic E-state index is 5.93. The highest BCUT2D eigenvalue weighted by atomic mass is 35.5. The van der Waals surface area contributed by atoms with Crippen LogP contribution in [-0.2, 0) is 0 Å². The second-order valence-corrected chi connectivity index (χ2v) is 5.19. The van der Waals surface area contributed by atoms with E-state index in [0.717, 1.165) is 18.8 Å². The highest BCUT2D eigenvalue weighted by Gasteiger charge is 2.04. The first-order valence-corrected chi connectivity index (χ1v) is 6.08. The van der Waals surface area contributed by atoms with Crippen LogP contribution in [0.4, 0.5) is 5.69 Å². The minimum absolute atomic E-state index is 0.587. The molecular formula is C12H18Cl2N2. The molecule has 1 unspecified atom stereocenters. The number of benzene rings is 1. The minimum Gasteiger partial charge on any atom is -0.385 e. The fraction of sp³-hybridized carbons (Fsp3) is 0.500. The minimum atomic E-state index is 0.587. The smallest absolute Gasteiger partial charge is 0.0612 e. The third-order valence-electron chi connectivity index (χ3n) is 2.25. The van der Waals surface area contributed by atoms with Crippen molar-refractivity contribution in [2.75, 3.05) is 32.5 Å². The number of hydrogen-bond acceptors (Lipinski definition) is 2. The Bertz CT molecular complexity index is 340. The molecular weight excluding hydrogens is 243 g/mol. The molecule has 0 spiro atoms. The Balaban J connectivity index is 2.45. The SMILES string of the molecule is CC(CNc1ccc(Cl)c(Cl)c1)CN(C)C. The van der Waals surface area contributed by atoms with Crippen molar-refractivity contribution < 1.29 is 0 Å². The second kappa shape index (κ2) is 6.33. The summed E-state index contributed by atoms with van der Waals surface area (Å²) in [5.41, 5.74) is 1.01. The van der Waals surface area contributed by atoms with Crippen molar-refractivity contribution in [3.63, 3.8) is 0 Å². The lowest BCUT2D eigenvalue weighted by molar-refractivity contribution is 0.348. The highest BCUT2D eigenvalue weighted by Crippen LogP contribution is 2.25. The van der Waals surface area contributed by atoms with Crippen molar-refractivity contribution in [2.24, 2.45) is 5.92 Å². The van der Waals surface area contributed by atoms with E-state index >= 15 is 0 Å². The van der Waals surface area contributed by atoms with Gasteiger partial charge in [-0.1, -0.05) is 30.1 Å². The molecule has 1 aromatic rings. The summed E-state index contributed by atoms with van der Waals surface area (Å²) < 4.78 is 0. The first kappa shape index (κ1) is 13.6. The van der Waals surface area contributed by atoms with E-state index in [4.69, 9.17) is 23.2 Å². The van der Waals surface area contributed by atoms with Gasteiger partial charge in [0.05, 0.1) is 10.0 Å². The molecule has 0 heterocycles. The van der Waals surface area contributed by atoms with Crippen LogP contribution in [0.3, 0.4) is 0 Å². The van der Waals surface area contributed by atoms with Crippen LogP contribution in [0, 0.1) is 5.92 Å². The Morgan fingerprint density at radius 3 is 2.50 bits per heavy atom. The van der Waals surface area contributed by atoms with Crippen LogP contribution in [0.25, 0.3) is 0 Å². The molecule has 1 atom stereocenters. The molecule has 0 aliphatic heterocycles. The van der Waals surface area contributed by atoms with Gasteiger partial charge in [-0.3, -0.25) is 0 Å². The fourth-order valence-electron chi connectivity index (χ4n) is 1.59. The molecule has 0 aromatic heterocycles. The normalized spacial score (nSPS) is 12.9. The summed E-state index contributed by atoms with van der Waals surface area (Å²) in [5.74, 6) is 0.587. The van der Waals surface area contributed by atoms with Gasteiger partial charge in [0.25, 0.3) is 0 Å². The maximum absolute atomic E-state index is 5.93. The first-order valence-electron chi connectivity index (χ1n) is 5.32. The van der Waals surface area contributed by atoms with Gasteiger partial charge in [0.2, 0.25) is 0 Å². The van der Waals surface area contributed by atoms with Crippen molar-refractivity contribution in [1.82, 2.24) is 4.90 Å². The lowest BCUT2D eigenvalue weighted by Crippen LogP contribution is -2.24. The fourth-order valence-corrected chi connectivity index (χ4v) is 1.88. The van der Waals surface area contributed by atoms with Crippen LogP contribution in [-0.4, -0.2) is 32.1 Å². The quantitative estimate of drug-likeness (QED) is 0.871. The van der Waals surface area contributed by atoms with Crippen LogP contribution in [0.15, 0.2) is 18.2 Å². The molecule has 0 saturated heterocycles. The van der Waals surface area contributed by atoms with Gasteiger partial charge in [0, 0.05) is 18.8 Å². The number of nitrogens with one attached hydrogen (secondary N) is 1. The highest BCUT2D eigenvalue weighted by molar-refractivity contribution is 6.42. The van der Waals surface area contributed by atoms with Crippen LogP contribution in [0.2, 0.25) is 10.0 Å². The van der Waals surface area contributed by atoms with E-state index in [1.807, 2.05) is 18.2 Å². The molecule has 2 nitrogen and oxygen atoms in total. The molecule has 1 aromatic carbocycles. The van der Waals surface area contributed by atoms with E-state index in [-0.39, 0.29) is 0 Å². The van der Waals surface area contributed by atoms with Crippen molar-refractivity contribution in [3.8, 4) is 0 Å². The summed E-state index contributed by atoms with van der Waals surface area (Å²) in [6.07, 6.45) is 0. The molecule has 0 aliphatic rings. The van der Waals surface area contributed by atoms with Crippen LogP contribution in [0.1, 0.15) is 6.92 Å². The van der Waals surface area contributed by atoms with Crippen molar-refractivity contribution in [2.45, 2.75) is 6.92 Å². The van der Waals surface area contributed by atoms with E-state index in [1.54, 1.807) is 0 Å². The molecule has 0 saturated carbocycles. The summed E-state index contributed by atoms with van der Waals surface area (Å²) in [5, 5.41) is 4.53.